The molecule has 6 heteroatoms. The average molecular weight is 284 g/mol. The molecule has 5 nitrogen and oxygen atoms in total. The lowest BCUT2D eigenvalue weighted by atomic mass is 10.2. The lowest BCUT2D eigenvalue weighted by molar-refractivity contribution is 0.0916. The van der Waals surface area contributed by atoms with E-state index >= 15 is 0 Å². The number of anilines is 1. The summed E-state index contributed by atoms with van der Waals surface area (Å²) < 4.78 is 32.9. The van der Waals surface area contributed by atoms with Crippen LogP contribution in [0.15, 0.2) is 29.2 Å². The Kier molecular flexibility index (Phi) is 4.44. The molecule has 1 aliphatic rings. The Morgan fingerprint density at radius 2 is 2.00 bits per heavy atom. The minimum absolute atomic E-state index is 0.0310. The molecule has 2 N–H and O–H groups in total. The Morgan fingerprint density at radius 1 is 1.26 bits per heavy atom. The smallest absolute Gasteiger partial charge is 0.242 e. The molecule has 0 radical (unpaired) electrons. The van der Waals surface area contributed by atoms with E-state index in [-0.39, 0.29) is 17.0 Å². The van der Waals surface area contributed by atoms with Crippen LogP contribution in [0, 0.1) is 0 Å². The Balaban J connectivity index is 2.23. The van der Waals surface area contributed by atoms with Gasteiger partial charge in [0.2, 0.25) is 10.0 Å². The Labute approximate surface area is 114 Å². The van der Waals surface area contributed by atoms with Gasteiger partial charge in [0.1, 0.15) is 4.90 Å². The van der Waals surface area contributed by atoms with Gasteiger partial charge in [-0.2, -0.15) is 0 Å². The van der Waals surface area contributed by atoms with Crippen LogP contribution in [0.1, 0.15) is 19.3 Å². The average Bonchev–Trinajstić information content (AvgIpc) is 2.85. The molecular formula is C13H20N2O3S. The van der Waals surface area contributed by atoms with Crippen molar-refractivity contribution in [1.29, 1.82) is 0 Å². The second kappa shape index (κ2) is 5.90. The van der Waals surface area contributed by atoms with Crippen LogP contribution in [0.2, 0.25) is 0 Å². The number of ether oxygens (including phenoxy) is 1. The van der Waals surface area contributed by atoms with Crippen molar-refractivity contribution in [2.45, 2.75) is 36.3 Å². The van der Waals surface area contributed by atoms with Crippen LogP contribution < -0.4 is 10.0 Å². The number of methoxy groups -OCH3 is 1. The van der Waals surface area contributed by atoms with Crippen LogP contribution >= 0.6 is 0 Å². The fraction of sp³-hybridized carbons (Fsp3) is 0.538. The van der Waals surface area contributed by atoms with Crippen molar-refractivity contribution in [2.75, 3.05) is 19.5 Å². The molecular weight excluding hydrogens is 264 g/mol. The van der Waals surface area contributed by atoms with E-state index in [1.807, 2.05) is 0 Å². The van der Waals surface area contributed by atoms with E-state index in [0.717, 1.165) is 19.3 Å². The maximum absolute atomic E-state index is 12.4. The summed E-state index contributed by atoms with van der Waals surface area (Å²) in [5.74, 6) is 0. The molecule has 2 atom stereocenters. The van der Waals surface area contributed by atoms with E-state index in [1.165, 1.54) is 0 Å². The summed E-state index contributed by atoms with van der Waals surface area (Å²) in [6.45, 7) is 0. The predicted molar refractivity (Wildman–Crippen MR) is 74.7 cm³/mol. The molecule has 0 spiro atoms. The molecule has 19 heavy (non-hydrogen) atoms. The van der Waals surface area contributed by atoms with Crippen LogP contribution in [0.5, 0.6) is 0 Å². The van der Waals surface area contributed by atoms with Crippen LogP contribution in [0.4, 0.5) is 5.69 Å². The van der Waals surface area contributed by atoms with Crippen molar-refractivity contribution in [1.82, 2.24) is 4.72 Å². The van der Waals surface area contributed by atoms with Crippen molar-refractivity contribution in [3.63, 3.8) is 0 Å². The first-order valence-corrected chi connectivity index (χ1v) is 7.88. The first-order chi connectivity index (χ1) is 9.08. The quantitative estimate of drug-likeness (QED) is 0.861. The highest BCUT2D eigenvalue weighted by atomic mass is 32.2. The maximum Gasteiger partial charge on any atom is 0.242 e. The first kappa shape index (κ1) is 14.3. The normalized spacial score (nSPS) is 23.5. The lowest BCUT2D eigenvalue weighted by Crippen LogP contribution is -2.40. The molecule has 2 rings (SSSR count). The fourth-order valence-corrected chi connectivity index (χ4v) is 4.03. The van der Waals surface area contributed by atoms with Gasteiger partial charge in [0.15, 0.2) is 0 Å². The number of benzene rings is 1. The van der Waals surface area contributed by atoms with E-state index in [4.69, 9.17) is 4.74 Å². The van der Waals surface area contributed by atoms with Gasteiger partial charge in [-0.15, -0.1) is 0 Å². The van der Waals surface area contributed by atoms with Gasteiger partial charge >= 0.3 is 0 Å². The van der Waals surface area contributed by atoms with Gasteiger partial charge in [-0.1, -0.05) is 12.1 Å². The summed E-state index contributed by atoms with van der Waals surface area (Å²) in [5, 5.41) is 2.90. The third-order valence-corrected chi connectivity index (χ3v) is 5.06. The molecule has 106 valence electrons. The van der Waals surface area contributed by atoms with E-state index in [9.17, 15) is 8.42 Å². The third kappa shape index (κ3) is 3.08. The molecule has 2 unspecified atom stereocenters. The van der Waals surface area contributed by atoms with Gasteiger partial charge in [0, 0.05) is 20.2 Å². The zero-order chi connectivity index (χ0) is 13.9. The van der Waals surface area contributed by atoms with Gasteiger partial charge in [-0.05, 0) is 31.4 Å². The summed E-state index contributed by atoms with van der Waals surface area (Å²) in [7, 11) is -0.188. The second-order valence-electron chi connectivity index (χ2n) is 4.68. The number of hydrogen-bond acceptors (Lipinski definition) is 4. The number of sulfonamides is 1. The Hall–Kier alpha value is -1.11. The van der Waals surface area contributed by atoms with Crippen molar-refractivity contribution in [3.05, 3.63) is 24.3 Å². The first-order valence-electron chi connectivity index (χ1n) is 6.40. The molecule has 0 heterocycles. The number of nitrogens with one attached hydrogen (secondary N) is 2. The third-order valence-electron chi connectivity index (χ3n) is 3.51. The Bertz CT molecular complexity index is 530. The topological polar surface area (TPSA) is 67.4 Å². The summed E-state index contributed by atoms with van der Waals surface area (Å²) in [6.07, 6.45) is 2.67. The highest BCUT2D eigenvalue weighted by Crippen LogP contribution is 2.25. The van der Waals surface area contributed by atoms with Crippen LogP contribution in [-0.2, 0) is 14.8 Å². The maximum atomic E-state index is 12.4. The molecule has 0 bridgehead atoms. The molecule has 1 saturated carbocycles. The number of hydrogen-bond donors (Lipinski definition) is 2. The summed E-state index contributed by atoms with van der Waals surface area (Å²) in [5.41, 5.74) is 0.599. The van der Waals surface area contributed by atoms with Gasteiger partial charge in [0.25, 0.3) is 0 Å². The van der Waals surface area contributed by atoms with Gasteiger partial charge in [-0.3, -0.25) is 0 Å². The molecule has 0 amide bonds. The fourth-order valence-electron chi connectivity index (χ4n) is 2.51. The van der Waals surface area contributed by atoms with Crippen molar-refractivity contribution in [2.24, 2.45) is 0 Å². The molecule has 0 saturated heterocycles. The van der Waals surface area contributed by atoms with Gasteiger partial charge in [-0.25, -0.2) is 13.1 Å². The Morgan fingerprint density at radius 3 is 2.68 bits per heavy atom. The van der Waals surface area contributed by atoms with E-state index < -0.39 is 10.0 Å². The molecule has 1 fully saturated rings. The highest BCUT2D eigenvalue weighted by Gasteiger charge is 2.31. The summed E-state index contributed by atoms with van der Waals surface area (Å²) >= 11 is 0. The van der Waals surface area contributed by atoms with E-state index in [1.54, 1.807) is 38.4 Å². The highest BCUT2D eigenvalue weighted by molar-refractivity contribution is 7.89. The van der Waals surface area contributed by atoms with Crippen LogP contribution in [-0.4, -0.2) is 34.7 Å². The van der Waals surface area contributed by atoms with Crippen LogP contribution in [0.3, 0.4) is 0 Å². The monoisotopic (exact) mass is 284 g/mol. The molecule has 1 aromatic rings. The zero-order valence-electron chi connectivity index (χ0n) is 11.2. The van der Waals surface area contributed by atoms with Crippen LogP contribution in [0.25, 0.3) is 0 Å². The SMILES string of the molecule is CNc1ccccc1S(=O)(=O)NC1CCCC1OC. The number of para-hydroxylation sites is 1. The van der Waals surface area contributed by atoms with Crippen molar-refractivity contribution < 1.29 is 13.2 Å². The number of rotatable bonds is 5. The molecule has 0 aliphatic heterocycles. The zero-order valence-corrected chi connectivity index (χ0v) is 12.0. The van der Waals surface area contributed by atoms with Gasteiger partial charge < -0.3 is 10.1 Å². The van der Waals surface area contributed by atoms with Gasteiger partial charge in [0.05, 0.1) is 11.8 Å². The minimum atomic E-state index is -3.52. The lowest BCUT2D eigenvalue weighted by Gasteiger charge is -2.20. The molecule has 1 aliphatic carbocycles. The summed E-state index contributed by atoms with van der Waals surface area (Å²) in [4.78, 5) is 0.277. The molecule has 1 aromatic carbocycles. The molecule has 0 aromatic heterocycles. The van der Waals surface area contributed by atoms with E-state index in [0.29, 0.717) is 5.69 Å². The van der Waals surface area contributed by atoms with E-state index in [2.05, 4.69) is 10.0 Å². The largest absolute Gasteiger partial charge is 0.387 e. The second-order valence-corrected chi connectivity index (χ2v) is 6.36. The summed E-state index contributed by atoms with van der Waals surface area (Å²) in [6, 6.07) is 6.73. The van der Waals surface area contributed by atoms with Crippen molar-refractivity contribution >= 4 is 15.7 Å². The standard InChI is InChI=1S/C13H20N2O3S/c1-14-11-6-3-4-9-13(11)19(16,17)15-10-7-5-8-12(10)18-2/h3-4,6,9-10,12,14-15H,5,7-8H2,1-2H3. The predicted octanol–water partition coefficient (Wildman–Crippen LogP) is 1.57. The minimum Gasteiger partial charge on any atom is -0.387 e. The van der Waals surface area contributed by atoms with Crippen molar-refractivity contribution in [3.8, 4) is 0 Å².